The fourth-order valence-corrected chi connectivity index (χ4v) is 5.77. The van der Waals surface area contributed by atoms with E-state index in [-0.39, 0.29) is 5.91 Å². The van der Waals surface area contributed by atoms with Crippen molar-refractivity contribution in [1.29, 1.82) is 0 Å². The van der Waals surface area contributed by atoms with E-state index in [0.717, 1.165) is 43.9 Å². The van der Waals surface area contributed by atoms with E-state index in [2.05, 4.69) is 25.8 Å². The third kappa shape index (κ3) is 5.70. The first-order valence-electron chi connectivity index (χ1n) is 12.8. The van der Waals surface area contributed by atoms with Crippen LogP contribution >= 0.6 is 11.3 Å². The van der Waals surface area contributed by atoms with Crippen LogP contribution in [0.3, 0.4) is 0 Å². The lowest BCUT2D eigenvalue weighted by atomic mass is 10.1. The van der Waals surface area contributed by atoms with E-state index in [4.69, 9.17) is 9.72 Å². The van der Waals surface area contributed by atoms with E-state index >= 15 is 0 Å². The monoisotopic (exact) mass is 515 g/mol. The number of fused-ring (bicyclic) bond motifs is 1. The zero-order valence-corrected chi connectivity index (χ0v) is 21.3. The van der Waals surface area contributed by atoms with Gasteiger partial charge in [0.05, 0.1) is 42.6 Å². The first-order valence-corrected chi connectivity index (χ1v) is 13.6. The highest BCUT2D eigenvalue weighted by Crippen LogP contribution is 2.37. The fraction of sp³-hybridized carbons (Fsp3) is 0.370. The molecule has 0 spiro atoms. The van der Waals surface area contributed by atoms with E-state index in [9.17, 15) is 4.79 Å². The normalized spacial score (nSPS) is 16.3. The van der Waals surface area contributed by atoms with Crippen molar-refractivity contribution in [3.63, 3.8) is 0 Å². The summed E-state index contributed by atoms with van der Waals surface area (Å²) in [6, 6.07) is 13.8. The minimum atomic E-state index is 0.140. The number of rotatable bonds is 7. The third-order valence-electron chi connectivity index (χ3n) is 6.88. The fourth-order valence-electron chi connectivity index (χ4n) is 4.85. The average molecular weight is 516 g/mol. The molecule has 4 heterocycles. The maximum absolute atomic E-state index is 12.5. The van der Waals surface area contributed by atoms with Gasteiger partial charge in [-0.25, -0.2) is 4.98 Å². The van der Waals surface area contributed by atoms with E-state index in [0.29, 0.717) is 38.6 Å². The summed E-state index contributed by atoms with van der Waals surface area (Å²) in [4.78, 5) is 23.7. The zero-order chi connectivity index (χ0) is 25.0. The standard InChI is InChI=1S/C27H29N7O2S/c35-25(34-11-13-36-14-12-34)15-18-5-7-20(8-6-18)29-21-16-23-22(28-17-21)9-10-24(30-23)31-27-33-32-26(37-27)19-3-1-2-4-19/h5-10,16-17,19,29H,1-4,11-15H2,(H,30,31,33). The number of nitrogens with zero attached hydrogens (tertiary/aromatic N) is 5. The summed E-state index contributed by atoms with van der Waals surface area (Å²) in [6.07, 6.45) is 7.17. The van der Waals surface area contributed by atoms with E-state index in [1.165, 1.54) is 25.7 Å². The van der Waals surface area contributed by atoms with Gasteiger partial charge in [0, 0.05) is 24.7 Å². The van der Waals surface area contributed by atoms with Gasteiger partial charge in [-0.1, -0.05) is 36.3 Å². The van der Waals surface area contributed by atoms with Crippen LogP contribution in [-0.4, -0.2) is 57.3 Å². The molecule has 2 aliphatic rings. The number of ether oxygens (including phenoxy) is 1. The van der Waals surface area contributed by atoms with Crippen LogP contribution in [0.25, 0.3) is 11.0 Å². The molecule has 3 aromatic heterocycles. The van der Waals surface area contributed by atoms with Crippen LogP contribution in [0.5, 0.6) is 0 Å². The molecule has 1 aliphatic carbocycles. The van der Waals surface area contributed by atoms with Crippen molar-refractivity contribution in [2.45, 2.75) is 38.0 Å². The Hall–Kier alpha value is -3.63. The smallest absolute Gasteiger partial charge is 0.227 e. The molecule has 37 heavy (non-hydrogen) atoms. The second-order valence-corrected chi connectivity index (χ2v) is 10.5. The van der Waals surface area contributed by atoms with Gasteiger partial charge >= 0.3 is 0 Å². The van der Waals surface area contributed by atoms with Crippen LogP contribution in [-0.2, 0) is 16.0 Å². The summed E-state index contributed by atoms with van der Waals surface area (Å²) >= 11 is 1.62. The number of anilines is 4. The summed E-state index contributed by atoms with van der Waals surface area (Å²) in [5.74, 6) is 1.41. The molecule has 1 aliphatic heterocycles. The van der Waals surface area contributed by atoms with Gasteiger partial charge < -0.3 is 20.3 Å². The number of hydrogen-bond donors (Lipinski definition) is 2. The maximum atomic E-state index is 12.5. The lowest BCUT2D eigenvalue weighted by Gasteiger charge is -2.26. The Labute approximate surface area is 219 Å². The van der Waals surface area contributed by atoms with Gasteiger partial charge in [0.1, 0.15) is 10.8 Å². The number of hydrogen-bond acceptors (Lipinski definition) is 9. The van der Waals surface area contributed by atoms with Gasteiger partial charge in [0.25, 0.3) is 0 Å². The largest absolute Gasteiger partial charge is 0.378 e. The molecule has 9 nitrogen and oxygen atoms in total. The number of nitrogens with one attached hydrogen (secondary N) is 2. The molecule has 2 fully saturated rings. The Balaban J connectivity index is 1.10. The molecule has 4 aromatic rings. The lowest BCUT2D eigenvalue weighted by Crippen LogP contribution is -2.41. The molecular formula is C27H29N7O2S. The average Bonchev–Trinajstić information content (AvgIpc) is 3.63. The Kier molecular flexibility index (Phi) is 6.92. The van der Waals surface area contributed by atoms with Crippen LogP contribution < -0.4 is 10.6 Å². The predicted molar refractivity (Wildman–Crippen MR) is 145 cm³/mol. The van der Waals surface area contributed by atoms with Gasteiger partial charge in [0.2, 0.25) is 11.0 Å². The second kappa shape index (κ2) is 10.8. The molecule has 0 bridgehead atoms. The maximum Gasteiger partial charge on any atom is 0.227 e. The number of amides is 1. The van der Waals surface area contributed by atoms with Gasteiger partial charge in [-0.2, -0.15) is 0 Å². The SMILES string of the molecule is O=C(Cc1ccc(Nc2cnc3ccc(Nc4nnc(C5CCCC5)s4)nc3c2)cc1)N1CCOCC1. The number of carbonyl (C=O) groups excluding carboxylic acids is 1. The molecule has 1 saturated carbocycles. The summed E-state index contributed by atoms with van der Waals surface area (Å²) < 4.78 is 5.33. The minimum absolute atomic E-state index is 0.140. The molecule has 0 atom stereocenters. The minimum Gasteiger partial charge on any atom is -0.378 e. The van der Waals surface area contributed by atoms with Crippen molar-refractivity contribution in [2.75, 3.05) is 36.9 Å². The van der Waals surface area contributed by atoms with Crippen LogP contribution in [0.1, 0.15) is 42.2 Å². The van der Waals surface area contributed by atoms with Gasteiger partial charge in [-0.3, -0.25) is 9.78 Å². The highest BCUT2D eigenvalue weighted by atomic mass is 32.1. The number of carbonyl (C=O) groups is 1. The topological polar surface area (TPSA) is 105 Å². The Morgan fingerprint density at radius 3 is 2.59 bits per heavy atom. The number of benzene rings is 1. The third-order valence-corrected chi connectivity index (χ3v) is 7.88. The molecule has 1 saturated heterocycles. The van der Waals surface area contributed by atoms with Crippen molar-refractivity contribution in [3.8, 4) is 0 Å². The molecule has 6 rings (SSSR count). The van der Waals surface area contributed by atoms with Gasteiger partial charge in [0.15, 0.2) is 0 Å². The van der Waals surface area contributed by atoms with Crippen LogP contribution in [0.2, 0.25) is 0 Å². The van der Waals surface area contributed by atoms with E-state index < -0.39 is 0 Å². The highest BCUT2D eigenvalue weighted by Gasteiger charge is 2.21. The first-order chi connectivity index (χ1) is 18.2. The summed E-state index contributed by atoms with van der Waals surface area (Å²) in [5, 5.41) is 17.3. The Bertz CT molecular complexity index is 1380. The van der Waals surface area contributed by atoms with Gasteiger partial charge in [-0.15, -0.1) is 10.2 Å². The van der Waals surface area contributed by atoms with Crippen LogP contribution in [0.15, 0.2) is 48.7 Å². The summed E-state index contributed by atoms with van der Waals surface area (Å²) in [5.41, 5.74) is 4.35. The van der Waals surface area contributed by atoms with E-state index in [1.54, 1.807) is 17.5 Å². The van der Waals surface area contributed by atoms with Crippen molar-refractivity contribution in [3.05, 3.63) is 59.2 Å². The molecule has 1 amide bonds. The van der Waals surface area contributed by atoms with Gasteiger partial charge in [-0.05, 0) is 48.7 Å². The Morgan fingerprint density at radius 2 is 1.78 bits per heavy atom. The Morgan fingerprint density at radius 1 is 0.973 bits per heavy atom. The molecule has 10 heteroatoms. The molecule has 2 N–H and O–H groups in total. The van der Waals surface area contributed by atoms with Crippen molar-refractivity contribution >= 4 is 50.6 Å². The zero-order valence-electron chi connectivity index (χ0n) is 20.5. The molecule has 190 valence electrons. The summed E-state index contributed by atoms with van der Waals surface area (Å²) in [6.45, 7) is 2.57. The van der Waals surface area contributed by atoms with Crippen molar-refractivity contribution in [1.82, 2.24) is 25.1 Å². The molecule has 1 aromatic carbocycles. The number of pyridine rings is 2. The number of morpholine rings is 1. The predicted octanol–water partition coefficient (Wildman–Crippen LogP) is 5.03. The van der Waals surface area contributed by atoms with E-state index in [1.807, 2.05) is 47.4 Å². The van der Waals surface area contributed by atoms with Crippen LogP contribution in [0, 0.1) is 0 Å². The lowest BCUT2D eigenvalue weighted by molar-refractivity contribution is -0.134. The van der Waals surface area contributed by atoms with Crippen molar-refractivity contribution < 1.29 is 9.53 Å². The molecular weight excluding hydrogens is 486 g/mol. The van der Waals surface area contributed by atoms with Crippen LogP contribution in [0.4, 0.5) is 22.3 Å². The summed E-state index contributed by atoms with van der Waals surface area (Å²) in [7, 11) is 0. The highest BCUT2D eigenvalue weighted by molar-refractivity contribution is 7.15. The quantitative estimate of drug-likeness (QED) is 0.353. The van der Waals surface area contributed by atoms with Crippen molar-refractivity contribution in [2.24, 2.45) is 0 Å². The number of aromatic nitrogens is 4. The second-order valence-electron chi connectivity index (χ2n) is 9.50. The molecule has 0 radical (unpaired) electrons. The molecule has 0 unspecified atom stereocenters. The first kappa shape index (κ1) is 23.7.